The van der Waals surface area contributed by atoms with Crippen molar-refractivity contribution in [3.8, 4) is 0 Å². The molecule has 0 bridgehead atoms. The zero-order valence-electron chi connectivity index (χ0n) is 19.4. The first-order chi connectivity index (χ1) is 15.8. The van der Waals surface area contributed by atoms with Crippen LogP contribution in [0.3, 0.4) is 0 Å². The summed E-state index contributed by atoms with van der Waals surface area (Å²) >= 11 is 1.42. The summed E-state index contributed by atoms with van der Waals surface area (Å²) in [6, 6.07) is 1.86. The summed E-state index contributed by atoms with van der Waals surface area (Å²) in [6.07, 6.45) is 5.01. The van der Waals surface area contributed by atoms with E-state index in [4.69, 9.17) is 10.5 Å². The van der Waals surface area contributed by atoms with Gasteiger partial charge in [-0.25, -0.2) is 9.59 Å². The summed E-state index contributed by atoms with van der Waals surface area (Å²) in [5.74, 6) is -0.597. The number of nitrogens with two attached hydrogens (primary N) is 1. The summed E-state index contributed by atoms with van der Waals surface area (Å²) in [5.41, 5.74) is 5.88. The number of thiophene rings is 1. The minimum atomic E-state index is -0.735. The van der Waals surface area contributed by atoms with Crippen molar-refractivity contribution < 1.29 is 14.3 Å². The first-order valence-electron chi connectivity index (χ1n) is 11.5. The van der Waals surface area contributed by atoms with Gasteiger partial charge in [0.15, 0.2) is 12.3 Å². The highest BCUT2D eigenvalue weighted by Gasteiger charge is 2.26. The molecule has 10 heteroatoms. The first kappa shape index (κ1) is 24.8. The van der Waals surface area contributed by atoms with Crippen molar-refractivity contribution in [2.45, 2.75) is 65.8 Å². The number of nitrogen functional groups attached to an aromatic ring is 1. The highest BCUT2D eigenvalue weighted by Crippen LogP contribution is 2.32. The lowest BCUT2D eigenvalue weighted by Gasteiger charge is -2.24. The molecular formula is C23H32N4O5S. The Morgan fingerprint density at radius 1 is 1.30 bits per heavy atom. The van der Waals surface area contributed by atoms with Gasteiger partial charge in [-0.3, -0.25) is 19.1 Å². The van der Waals surface area contributed by atoms with Crippen molar-refractivity contribution in [2.24, 2.45) is 5.92 Å². The van der Waals surface area contributed by atoms with Crippen LogP contribution in [-0.2, 0) is 28.9 Å². The molecule has 0 saturated carbocycles. The number of fused-ring (bicyclic) bond motifs is 1. The second-order valence-electron chi connectivity index (χ2n) is 8.53. The topological polar surface area (TPSA) is 127 Å². The van der Waals surface area contributed by atoms with Gasteiger partial charge in [0.1, 0.15) is 10.7 Å². The number of nitrogens with one attached hydrogen (secondary N) is 1. The number of hydrogen-bond donors (Lipinski definition) is 2. The third kappa shape index (κ3) is 5.55. The predicted molar refractivity (Wildman–Crippen MR) is 129 cm³/mol. The van der Waals surface area contributed by atoms with E-state index in [-0.39, 0.29) is 18.1 Å². The number of esters is 1. The number of hydrogen-bond acceptors (Lipinski definition) is 7. The highest BCUT2D eigenvalue weighted by atomic mass is 32.1. The van der Waals surface area contributed by atoms with E-state index in [0.29, 0.717) is 30.2 Å². The normalized spacial score (nSPS) is 15.2. The number of carbonyl (C=O) groups is 2. The molecule has 0 saturated heterocycles. The Kier molecular flexibility index (Phi) is 8.12. The largest absolute Gasteiger partial charge is 0.451 e. The molecule has 1 atom stereocenters. The van der Waals surface area contributed by atoms with Crippen molar-refractivity contribution in [1.29, 1.82) is 0 Å². The third-order valence-electron chi connectivity index (χ3n) is 5.82. The fraction of sp³-hybridized carbons (Fsp3) is 0.565. The van der Waals surface area contributed by atoms with Crippen molar-refractivity contribution in [3.63, 3.8) is 0 Å². The number of nitrogens with zero attached hydrogens (tertiary/aromatic N) is 2. The lowest BCUT2D eigenvalue weighted by Crippen LogP contribution is -2.43. The number of aryl methyl sites for hydroxylation is 1. The standard InChI is InChI=1S/C23H32N4O5S/c1-4-6-10-26(19-20(24)27(9-5-2)23(31)25-21(19)29)18(28)13-32-22(30)17-12-15-11-14(3)7-8-16(15)33-17/h12,14H,4-11,13,24H2,1-3H3,(H,25,29,31)/t14-/m1/s1. The van der Waals surface area contributed by atoms with Gasteiger partial charge in [-0.1, -0.05) is 27.2 Å². The molecule has 1 aliphatic rings. The van der Waals surface area contributed by atoms with Crippen LogP contribution in [-0.4, -0.2) is 34.6 Å². The minimum absolute atomic E-state index is 0.0681. The van der Waals surface area contributed by atoms with Crippen LogP contribution in [0.5, 0.6) is 0 Å². The lowest BCUT2D eigenvalue weighted by molar-refractivity contribution is -0.121. The van der Waals surface area contributed by atoms with Gasteiger partial charge in [-0.05, 0) is 49.7 Å². The summed E-state index contributed by atoms with van der Waals surface area (Å²) in [6.45, 7) is 6.02. The van der Waals surface area contributed by atoms with Crippen molar-refractivity contribution >= 4 is 34.7 Å². The van der Waals surface area contributed by atoms with E-state index in [9.17, 15) is 19.2 Å². The van der Waals surface area contributed by atoms with Gasteiger partial charge in [0.05, 0.1) is 0 Å². The van der Waals surface area contributed by atoms with E-state index in [2.05, 4.69) is 11.9 Å². The molecule has 0 unspecified atom stereocenters. The highest BCUT2D eigenvalue weighted by molar-refractivity contribution is 7.14. The van der Waals surface area contributed by atoms with Gasteiger partial charge in [0.2, 0.25) is 0 Å². The number of aromatic amines is 1. The maximum Gasteiger partial charge on any atom is 0.348 e. The number of H-pyrrole nitrogens is 1. The molecule has 0 spiro atoms. The van der Waals surface area contributed by atoms with E-state index in [1.165, 1.54) is 31.2 Å². The Labute approximate surface area is 196 Å². The SMILES string of the molecule is CCCCN(C(=O)COC(=O)c1cc2c(s1)CC[C@@H](C)C2)c1c(N)n(CCC)c(=O)[nH]c1=O. The number of aromatic nitrogens is 2. The summed E-state index contributed by atoms with van der Waals surface area (Å²) in [5, 5.41) is 0. The fourth-order valence-electron chi connectivity index (χ4n) is 4.04. The van der Waals surface area contributed by atoms with Gasteiger partial charge in [-0.15, -0.1) is 11.3 Å². The Bertz CT molecular complexity index is 1130. The fourth-order valence-corrected chi connectivity index (χ4v) is 5.15. The molecule has 3 N–H and O–H groups in total. The van der Waals surface area contributed by atoms with Crippen LogP contribution >= 0.6 is 11.3 Å². The number of anilines is 2. The maximum atomic E-state index is 13.0. The van der Waals surface area contributed by atoms with E-state index in [0.717, 1.165) is 25.7 Å². The zero-order valence-corrected chi connectivity index (χ0v) is 20.3. The molecule has 33 heavy (non-hydrogen) atoms. The van der Waals surface area contributed by atoms with Crippen LogP contribution in [0.25, 0.3) is 0 Å². The maximum absolute atomic E-state index is 13.0. The monoisotopic (exact) mass is 476 g/mol. The van der Waals surface area contributed by atoms with Crippen molar-refractivity contribution in [1.82, 2.24) is 9.55 Å². The molecule has 2 aromatic heterocycles. The summed E-state index contributed by atoms with van der Waals surface area (Å²) < 4.78 is 6.56. The Morgan fingerprint density at radius 3 is 2.76 bits per heavy atom. The number of amides is 1. The molecule has 0 aliphatic heterocycles. The van der Waals surface area contributed by atoms with Crippen LogP contribution in [0.1, 0.15) is 66.6 Å². The van der Waals surface area contributed by atoms with Crippen molar-refractivity contribution in [2.75, 3.05) is 23.8 Å². The van der Waals surface area contributed by atoms with Crippen LogP contribution in [0.2, 0.25) is 0 Å². The van der Waals surface area contributed by atoms with Gasteiger partial charge in [0, 0.05) is 18.0 Å². The van der Waals surface area contributed by atoms with Gasteiger partial charge >= 0.3 is 11.7 Å². The molecule has 2 heterocycles. The summed E-state index contributed by atoms with van der Waals surface area (Å²) in [4.78, 5) is 55.5. The van der Waals surface area contributed by atoms with Crippen LogP contribution < -0.4 is 21.9 Å². The zero-order chi connectivity index (χ0) is 24.1. The number of ether oxygens (including phenoxy) is 1. The van der Waals surface area contributed by atoms with E-state index >= 15 is 0 Å². The smallest absolute Gasteiger partial charge is 0.348 e. The molecule has 2 aromatic rings. The first-order valence-corrected chi connectivity index (χ1v) is 12.3. The Balaban J connectivity index is 1.79. The molecule has 3 rings (SSSR count). The average Bonchev–Trinajstić information content (AvgIpc) is 3.20. The second kappa shape index (κ2) is 10.8. The molecule has 0 aromatic carbocycles. The average molecular weight is 477 g/mol. The molecular weight excluding hydrogens is 444 g/mol. The molecule has 1 aliphatic carbocycles. The number of rotatable bonds is 9. The predicted octanol–water partition coefficient (Wildman–Crippen LogP) is 2.71. The van der Waals surface area contributed by atoms with Crippen LogP contribution in [0.4, 0.5) is 11.5 Å². The number of carbonyl (C=O) groups excluding carboxylic acids is 2. The Morgan fingerprint density at radius 2 is 2.06 bits per heavy atom. The van der Waals surface area contributed by atoms with Crippen LogP contribution in [0, 0.1) is 5.92 Å². The molecule has 180 valence electrons. The van der Waals surface area contributed by atoms with E-state index in [1.807, 2.05) is 19.9 Å². The number of unbranched alkanes of at least 4 members (excludes halogenated alkanes) is 1. The third-order valence-corrected chi connectivity index (χ3v) is 7.04. The van der Waals surface area contributed by atoms with Gasteiger partial charge in [0.25, 0.3) is 11.5 Å². The summed E-state index contributed by atoms with van der Waals surface area (Å²) in [7, 11) is 0. The van der Waals surface area contributed by atoms with Gasteiger partial charge < -0.3 is 15.4 Å². The molecule has 0 fully saturated rings. The lowest BCUT2D eigenvalue weighted by atomic mass is 9.90. The van der Waals surface area contributed by atoms with E-state index < -0.39 is 29.7 Å². The molecule has 9 nitrogen and oxygen atoms in total. The Hall–Kier alpha value is -2.88. The minimum Gasteiger partial charge on any atom is -0.451 e. The molecule has 0 radical (unpaired) electrons. The van der Waals surface area contributed by atoms with E-state index in [1.54, 1.807) is 0 Å². The van der Waals surface area contributed by atoms with Gasteiger partial charge in [-0.2, -0.15) is 0 Å². The van der Waals surface area contributed by atoms with Crippen molar-refractivity contribution in [3.05, 3.63) is 42.2 Å². The van der Waals surface area contributed by atoms with Crippen LogP contribution in [0.15, 0.2) is 15.7 Å². The quantitative estimate of drug-likeness (QED) is 0.536. The second-order valence-corrected chi connectivity index (χ2v) is 9.66. The molecule has 1 amide bonds.